The van der Waals surface area contributed by atoms with Crippen molar-refractivity contribution in [3.63, 3.8) is 0 Å². The second-order valence-electron chi connectivity index (χ2n) is 8.82. The number of carbonyl (C=O) groups is 2. The lowest BCUT2D eigenvalue weighted by molar-refractivity contribution is -0.144. The van der Waals surface area contributed by atoms with Gasteiger partial charge in [0.05, 0.1) is 11.7 Å². The molecule has 0 aromatic heterocycles. The molecule has 0 saturated carbocycles. The normalized spacial score (nSPS) is 13.2. The molecule has 6 heteroatoms. The van der Waals surface area contributed by atoms with Gasteiger partial charge in [-0.1, -0.05) is 93.6 Å². The molecule has 0 amide bonds. The van der Waals surface area contributed by atoms with Crippen LogP contribution in [0, 0.1) is 0 Å². The van der Waals surface area contributed by atoms with Gasteiger partial charge in [-0.3, -0.25) is 0 Å². The molecule has 5 nitrogen and oxygen atoms in total. The summed E-state index contributed by atoms with van der Waals surface area (Å²) in [4.78, 5) is 26.7. The van der Waals surface area contributed by atoms with Gasteiger partial charge in [0, 0.05) is 5.57 Å². The molecule has 0 radical (unpaired) electrons. The Kier molecular flexibility index (Phi) is 12.4. The van der Waals surface area contributed by atoms with Crippen LogP contribution in [0.1, 0.15) is 52.2 Å². The van der Waals surface area contributed by atoms with Crippen LogP contribution in [0.25, 0.3) is 0 Å². The lowest BCUT2D eigenvalue weighted by Crippen LogP contribution is -2.42. The van der Waals surface area contributed by atoms with E-state index in [0.717, 1.165) is 29.3 Å². The van der Waals surface area contributed by atoms with Crippen molar-refractivity contribution in [2.45, 2.75) is 78.5 Å². The Morgan fingerprint density at radius 2 is 1.28 bits per heavy atom. The molecule has 2 aromatic carbocycles. The maximum absolute atomic E-state index is 13.5. The summed E-state index contributed by atoms with van der Waals surface area (Å²) in [6, 6.07) is 21.8. The molecular formula is C30H40O5Si. The van der Waals surface area contributed by atoms with Crippen LogP contribution in [0.5, 0.6) is 0 Å². The molecule has 0 N–H and O–H groups in total. The predicted octanol–water partition coefficient (Wildman–Crippen LogP) is 7.15. The van der Waals surface area contributed by atoms with Crippen LogP contribution in [0.3, 0.4) is 0 Å². The first-order chi connectivity index (χ1) is 17.4. The molecule has 0 fully saturated rings. The van der Waals surface area contributed by atoms with Crippen LogP contribution in [-0.2, 0) is 36.7 Å². The van der Waals surface area contributed by atoms with Gasteiger partial charge in [0.15, 0.2) is 8.32 Å². The molecule has 0 aliphatic carbocycles. The van der Waals surface area contributed by atoms with E-state index >= 15 is 0 Å². The number of allylic oxidation sites excluding steroid dienone is 1. The van der Waals surface area contributed by atoms with Crippen molar-refractivity contribution >= 4 is 20.3 Å². The van der Waals surface area contributed by atoms with E-state index in [2.05, 4.69) is 20.8 Å². The molecule has 0 unspecified atom stereocenters. The second-order valence-corrected chi connectivity index (χ2v) is 13.5. The monoisotopic (exact) mass is 508 g/mol. The molecule has 2 aromatic rings. The van der Waals surface area contributed by atoms with Crippen molar-refractivity contribution < 1.29 is 23.5 Å². The van der Waals surface area contributed by atoms with Gasteiger partial charge in [-0.2, -0.15) is 0 Å². The van der Waals surface area contributed by atoms with E-state index in [0.29, 0.717) is 6.42 Å². The highest BCUT2D eigenvalue weighted by atomic mass is 28.4. The minimum atomic E-state index is -2.11. The van der Waals surface area contributed by atoms with Crippen molar-refractivity contribution in [3.05, 3.63) is 95.1 Å². The Balaban J connectivity index is 2.41. The average Bonchev–Trinajstić information content (AvgIpc) is 2.93. The Morgan fingerprint density at radius 3 is 1.72 bits per heavy atom. The van der Waals surface area contributed by atoms with E-state index in [1.165, 1.54) is 0 Å². The van der Waals surface area contributed by atoms with E-state index in [4.69, 9.17) is 13.9 Å². The molecule has 2 rings (SSSR count). The Labute approximate surface area is 217 Å². The fraction of sp³-hybridized carbons (Fsp3) is 0.400. The summed E-state index contributed by atoms with van der Waals surface area (Å²) in [6.45, 7) is 10.2. The maximum atomic E-state index is 13.5. The first kappa shape index (κ1) is 29.3. The van der Waals surface area contributed by atoms with E-state index in [9.17, 15) is 9.59 Å². The predicted molar refractivity (Wildman–Crippen MR) is 147 cm³/mol. The first-order valence-corrected chi connectivity index (χ1v) is 15.3. The molecule has 0 aliphatic heterocycles. The Morgan fingerprint density at radius 1 is 0.806 bits per heavy atom. The molecule has 1 atom stereocenters. The SMILES string of the molecule is C/C=C/C[C@@H](O[Si](CC)(CC)CC)/C(C(=O)OCc1ccccc1)=C(\C)C(=O)OCc1ccccc1. The number of benzene rings is 2. The van der Waals surface area contributed by atoms with Crippen LogP contribution < -0.4 is 0 Å². The van der Waals surface area contributed by atoms with Crippen molar-refractivity contribution in [3.8, 4) is 0 Å². The summed E-state index contributed by atoms with van der Waals surface area (Å²) >= 11 is 0. The molecule has 0 bridgehead atoms. The topological polar surface area (TPSA) is 61.8 Å². The summed E-state index contributed by atoms with van der Waals surface area (Å²) < 4.78 is 18.1. The van der Waals surface area contributed by atoms with Gasteiger partial charge in [0.2, 0.25) is 0 Å². The molecule has 0 spiro atoms. The molecule has 194 valence electrons. The third-order valence-electron chi connectivity index (χ3n) is 6.59. The number of ether oxygens (including phenoxy) is 2. The molecule has 0 aliphatic rings. The van der Waals surface area contributed by atoms with E-state index in [-0.39, 0.29) is 24.4 Å². The lowest BCUT2D eigenvalue weighted by atomic mass is 10.0. The summed E-state index contributed by atoms with van der Waals surface area (Å²) in [5.74, 6) is -1.09. The number of hydrogen-bond acceptors (Lipinski definition) is 5. The minimum Gasteiger partial charge on any atom is -0.457 e. The van der Waals surface area contributed by atoms with E-state index in [1.807, 2.05) is 79.7 Å². The van der Waals surface area contributed by atoms with Crippen LogP contribution >= 0.6 is 0 Å². The van der Waals surface area contributed by atoms with Crippen molar-refractivity contribution in [2.24, 2.45) is 0 Å². The van der Waals surface area contributed by atoms with Gasteiger partial charge in [0.25, 0.3) is 0 Å². The highest BCUT2D eigenvalue weighted by Gasteiger charge is 2.36. The van der Waals surface area contributed by atoms with Gasteiger partial charge >= 0.3 is 11.9 Å². The van der Waals surface area contributed by atoms with Crippen LogP contribution in [-0.4, -0.2) is 26.4 Å². The van der Waals surface area contributed by atoms with Crippen LogP contribution in [0.4, 0.5) is 0 Å². The number of rotatable bonds is 14. The number of esters is 2. The third-order valence-corrected chi connectivity index (χ3v) is 11.2. The Bertz CT molecular complexity index is 1000. The maximum Gasteiger partial charge on any atom is 0.337 e. The van der Waals surface area contributed by atoms with E-state index in [1.54, 1.807) is 6.92 Å². The van der Waals surface area contributed by atoms with Gasteiger partial charge < -0.3 is 13.9 Å². The zero-order valence-corrected chi connectivity index (χ0v) is 23.3. The lowest BCUT2D eigenvalue weighted by Gasteiger charge is -2.34. The van der Waals surface area contributed by atoms with Crippen molar-refractivity contribution in [2.75, 3.05) is 0 Å². The number of hydrogen-bond donors (Lipinski definition) is 0. The summed E-state index contributed by atoms with van der Waals surface area (Å²) in [5.41, 5.74) is 2.22. The summed E-state index contributed by atoms with van der Waals surface area (Å²) in [5, 5.41) is 0. The standard InChI is InChI=1S/C30H40O5Si/c1-6-10-21-27(35-36(7-2,8-3)9-4)28(30(32)34-23-26-19-15-12-16-20-26)24(5)29(31)33-22-25-17-13-11-14-18-25/h6,10-20,27H,7-9,21-23H2,1-5H3/b10-6+,28-24-/t27-/m1/s1. The highest BCUT2D eigenvalue weighted by Crippen LogP contribution is 2.29. The van der Waals surface area contributed by atoms with Crippen molar-refractivity contribution in [1.82, 2.24) is 0 Å². The average molecular weight is 509 g/mol. The number of carbonyl (C=O) groups excluding carboxylic acids is 2. The largest absolute Gasteiger partial charge is 0.457 e. The first-order valence-electron chi connectivity index (χ1n) is 12.8. The van der Waals surface area contributed by atoms with Gasteiger partial charge in [0.1, 0.15) is 13.2 Å². The fourth-order valence-electron chi connectivity index (χ4n) is 4.05. The third kappa shape index (κ3) is 8.61. The van der Waals surface area contributed by atoms with Crippen LogP contribution in [0.2, 0.25) is 18.1 Å². The fourth-order valence-corrected chi connectivity index (χ4v) is 6.87. The quantitative estimate of drug-likeness (QED) is 0.117. The summed E-state index contributed by atoms with van der Waals surface area (Å²) in [6.07, 6.45) is 3.79. The zero-order chi connectivity index (χ0) is 26.4. The molecule has 36 heavy (non-hydrogen) atoms. The minimum absolute atomic E-state index is 0.115. The van der Waals surface area contributed by atoms with Gasteiger partial charge in [-0.25, -0.2) is 9.59 Å². The molecular weight excluding hydrogens is 468 g/mol. The smallest absolute Gasteiger partial charge is 0.337 e. The zero-order valence-electron chi connectivity index (χ0n) is 22.3. The molecule has 0 saturated heterocycles. The van der Waals surface area contributed by atoms with Gasteiger partial charge in [-0.15, -0.1) is 0 Å². The second kappa shape index (κ2) is 15.2. The molecule has 0 heterocycles. The highest BCUT2D eigenvalue weighted by molar-refractivity contribution is 6.73. The summed E-state index contributed by atoms with van der Waals surface area (Å²) in [7, 11) is -2.11. The van der Waals surface area contributed by atoms with Crippen LogP contribution in [0.15, 0.2) is 84.0 Å². The van der Waals surface area contributed by atoms with E-state index < -0.39 is 26.4 Å². The van der Waals surface area contributed by atoms with Gasteiger partial charge in [-0.05, 0) is 49.5 Å². The van der Waals surface area contributed by atoms with Crippen molar-refractivity contribution in [1.29, 1.82) is 0 Å². The Hall–Kier alpha value is -2.96.